The van der Waals surface area contributed by atoms with Gasteiger partial charge in [-0.3, -0.25) is 0 Å². The Morgan fingerprint density at radius 2 is 1.72 bits per heavy atom. The Hall–Kier alpha value is -1.73. The second-order valence-corrected chi connectivity index (χ2v) is 7.67. The van der Waals surface area contributed by atoms with Gasteiger partial charge < -0.3 is 5.11 Å². The third-order valence-electron chi connectivity index (χ3n) is 4.05. The summed E-state index contributed by atoms with van der Waals surface area (Å²) >= 11 is 5.93. The average molecular weight is 359 g/mol. The van der Waals surface area contributed by atoms with Crippen molar-refractivity contribution >= 4 is 17.7 Å². The lowest BCUT2D eigenvalue weighted by molar-refractivity contribution is 0.467. The summed E-state index contributed by atoms with van der Waals surface area (Å²) in [7, 11) is 0. The van der Waals surface area contributed by atoms with E-state index in [0.29, 0.717) is 10.8 Å². The van der Waals surface area contributed by atoms with Gasteiger partial charge in [-0.15, -0.1) is 0 Å². The third kappa shape index (κ3) is 6.59. The number of aromatic hydroxyl groups is 1. The summed E-state index contributed by atoms with van der Waals surface area (Å²) in [6, 6.07) is 12.1. The number of rotatable bonds is 3. The Labute approximate surface area is 158 Å². The van der Waals surface area contributed by atoms with Crippen LogP contribution in [0.5, 0.6) is 5.75 Å². The minimum atomic E-state index is 0.283. The highest BCUT2D eigenvalue weighted by molar-refractivity contribution is 6.30. The Balaban J connectivity index is 0.000000257. The van der Waals surface area contributed by atoms with Gasteiger partial charge in [-0.05, 0) is 54.0 Å². The molecule has 2 rings (SSSR count). The molecule has 0 radical (unpaired) electrons. The minimum Gasteiger partial charge on any atom is -0.507 e. The highest BCUT2D eigenvalue weighted by Crippen LogP contribution is 2.28. The van der Waals surface area contributed by atoms with Gasteiger partial charge in [-0.2, -0.15) is 0 Å². The summed E-state index contributed by atoms with van der Waals surface area (Å²) < 4.78 is 0. The smallest absolute Gasteiger partial charge is 0.126 e. The molecule has 25 heavy (non-hydrogen) atoms. The van der Waals surface area contributed by atoms with Crippen molar-refractivity contribution in [2.75, 3.05) is 0 Å². The molecule has 0 unspecified atom stereocenters. The van der Waals surface area contributed by atoms with Crippen LogP contribution < -0.4 is 0 Å². The molecule has 2 aromatic carbocycles. The zero-order valence-electron chi connectivity index (χ0n) is 16.4. The average Bonchev–Trinajstić information content (AvgIpc) is 2.55. The van der Waals surface area contributed by atoms with E-state index in [2.05, 4.69) is 58.9 Å². The maximum absolute atomic E-state index is 9.83. The van der Waals surface area contributed by atoms with Crippen molar-refractivity contribution in [2.24, 2.45) is 0 Å². The van der Waals surface area contributed by atoms with Crippen LogP contribution in [0.1, 0.15) is 63.3 Å². The van der Waals surface area contributed by atoms with Crippen LogP contribution in [0.4, 0.5) is 0 Å². The number of aryl methyl sites for hydroxylation is 2. The third-order valence-corrected chi connectivity index (χ3v) is 4.27. The molecule has 0 atom stereocenters. The Kier molecular flexibility index (Phi) is 8.25. The molecule has 0 aliphatic heterocycles. The topological polar surface area (TPSA) is 20.2 Å². The van der Waals surface area contributed by atoms with Gasteiger partial charge in [0.25, 0.3) is 0 Å². The van der Waals surface area contributed by atoms with Gasteiger partial charge in [-0.25, -0.2) is 0 Å². The quantitative estimate of drug-likeness (QED) is 0.609. The van der Waals surface area contributed by atoms with Crippen LogP contribution in [0.15, 0.2) is 42.5 Å². The van der Waals surface area contributed by atoms with E-state index in [9.17, 15) is 5.11 Å². The molecule has 1 nitrogen and oxygen atoms in total. The van der Waals surface area contributed by atoms with Crippen LogP contribution in [0.3, 0.4) is 0 Å². The Morgan fingerprint density at radius 3 is 2.20 bits per heavy atom. The van der Waals surface area contributed by atoms with E-state index in [1.165, 1.54) is 11.1 Å². The van der Waals surface area contributed by atoms with Crippen molar-refractivity contribution in [1.82, 2.24) is 0 Å². The van der Waals surface area contributed by atoms with E-state index in [1.54, 1.807) is 12.1 Å². The van der Waals surface area contributed by atoms with E-state index >= 15 is 0 Å². The summed E-state index contributed by atoms with van der Waals surface area (Å²) in [5, 5.41) is 10.5. The summed E-state index contributed by atoms with van der Waals surface area (Å²) in [4.78, 5) is 0. The van der Waals surface area contributed by atoms with Gasteiger partial charge in [0.05, 0.1) is 0 Å². The zero-order chi connectivity index (χ0) is 19.0. The van der Waals surface area contributed by atoms with Crippen molar-refractivity contribution < 1.29 is 5.11 Å². The highest BCUT2D eigenvalue weighted by Gasteiger charge is 2.14. The summed E-state index contributed by atoms with van der Waals surface area (Å²) in [5.41, 5.74) is 4.81. The largest absolute Gasteiger partial charge is 0.507 e. The van der Waals surface area contributed by atoms with Crippen LogP contribution in [0.25, 0.3) is 6.08 Å². The van der Waals surface area contributed by atoms with Crippen molar-refractivity contribution in [3.05, 3.63) is 69.8 Å². The fourth-order valence-corrected chi connectivity index (χ4v) is 2.98. The van der Waals surface area contributed by atoms with E-state index in [1.807, 2.05) is 19.1 Å². The number of hydrogen-bond donors (Lipinski definition) is 1. The predicted molar refractivity (Wildman–Crippen MR) is 112 cm³/mol. The van der Waals surface area contributed by atoms with Crippen LogP contribution in [0.2, 0.25) is 5.02 Å². The maximum atomic E-state index is 9.83. The first-order valence-corrected chi connectivity index (χ1v) is 9.32. The van der Waals surface area contributed by atoms with Gasteiger partial charge in [0.15, 0.2) is 0 Å². The molecule has 136 valence electrons. The molecule has 0 aliphatic rings. The monoisotopic (exact) mass is 358 g/mol. The van der Waals surface area contributed by atoms with Crippen molar-refractivity contribution in [3.8, 4) is 5.75 Å². The van der Waals surface area contributed by atoms with Crippen LogP contribution >= 0.6 is 11.6 Å². The summed E-state index contributed by atoms with van der Waals surface area (Å²) in [5.74, 6) is 0.349. The molecular formula is C23H31ClO. The molecule has 1 N–H and O–H groups in total. The summed E-state index contributed by atoms with van der Waals surface area (Å²) in [6.45, 7) is 13.0. The fraction of sp³-hybridized carbons (Fsp3) is 0.391. The van der Waals surface area contributed by atoms with Crippen LogP contribution in [0, 0.1) is 6.92 Å². The Morgan fingerprint density at radius 1 is 1.08 bits per heavy atom. The maximum Gasteiger partial charge on any atom is 0.126 e. The lowest BCUT2D eigenvalue weighted by Crippen LogP contribution is -2.12. The number of phenols is 1. The molecule has 0 spiro atoms. The van der Waals surface area contributed by atoms with Gasteiger partial charge in [0, 0.05) is 10.6 Å². The molecule has 2 heteroatoms. The number of hydrogen-bond acceptors (Lipinski definition) is 1. The first kappa shape index (κ1) is 21.3. The Bertz CT molecular complexity index is 709. The molecule has 2 aromatic rings. The second-order valence-electron chi connectivity index (χ2n) is 7.23. The number of phenolic OH excluding ortho intramolecular Hbond substituents is 1. The normalized spacial score (nSPS) is 11.3. The lowest BCUT2D eigenvalue weighted by atomic mass is 9.84. The van der Waals surface area contributed by atoms with Crippen molar-refractivity contribution in [2.45, 2.75) is 59.8 Å². The molecule has 0 fully saturated rings. The van der Waals surface area contributed by atoms with E-state index in [-0.39, 0.29) is 5.41 Å². The number of allylic oxidation sites excluding steroid dienone is 1. The van der Waals surface area contributed by atoms with E-state index < -0.39 is 0 Å². The molecule has 0 aromatic heterocycles. The first-order valence-electron chi connectivity index (χ1n) is 8.94. The molecular weight excluding hydrogens is 328 g/mol. The van der Waals surface area contributed by atoms with Crippen molar-refractivity contribution in [3.63, 3.8) is 0 Å². The van der Waals surface area contributed by atoms with E-state index in [4.69, 9.17) is 11.6 Å². The van der Waals surface area contributed by atoms with Crippen LogP contribution in [-0.2, 0) is 11.8 Å². The first-order chi connectivity index (χ1) is 11.7. The molecule has 0 aliphatic carbocycles. The minimum absolute atomic E-state index is 0.283. The molecule has 0 heterocycles. The van der Waals surface area contributed by atoms with E-state index in [0.717, 1.165) is 24.0 Å². The SMILES string of the molecule is CC/C=C\c1cc(Cl)cc(CC)c1O.Cc1ccccc1C(C)(C)C. The van der Waals surface area contributed by atoms with Crippen LogP contribution in [-0.4, -0.2) is 5.11 Å². The van der Waals surface area contributed by atoms with Gasteiger partial charge in [0.2, 0.25) is 0 Å². The lowest BCUT2D eigenvalue weighted by Gasteiger charge is -2.21. The number of benzene rings is 2. The number of halogens is 1. The predicted octanol–water partition coefficient (Wildman–Crippen LogP) is 7.32. The second kappa shape index (κ2) is 9.68. The fourth-order valence-electron chi connectivity index (χ4n) is 2.73. The summed E-state index contributed by atoms with van der Waals surface area (Å²) in [6.07, 6.45) is 5.65. The molecule has 0 saturated carbocycles. The molecule has 0 saturated heterocycles. The molecule has 0 amide bonds. The van der Waals surface area contributed by atoms with Gasteiger partial charge in [-0.1, -0.05) is 82.6 Å². The standard InChI is InChI=1S/C12H15ClO.C11H16/c1-3-5-6-10-8-11(13)7-9(4-2)12(10)14;1-9-7-5-6-8-10(9)11(2,3)4/h5-8,14H,3-4H2,1-2H3;5-8H,1-4H3/b6-5-;. The van der Waals surface area contributed by atoms with Gasteiger partial charge >= 0.3 is 0 Å². The zero-order valence-corrected chi connectivity index (χ0v) is 17.1. The highest BCUT2D eigenvalue weighted by atomic mass is 35.5. The van der Waals surface area contributed by atoms with Crippen molar-refractivity contribution in [1.29, 1.82) is 0 Å². The molecule has 0 bridgehead atoms. The van der Waals surface area contributed by atoms with Gasteiger partial charge in [0.1, 0.15) is 5.75 Å².